The SMILES string of the molecule is CCOC(OCC)C(NC)c1occc1Br. The van der Waals surface area contributed by atoms with E-state index < -0.39 is 0 Å². The Kier molecular flexibility index (Phi) is 6.05. The molecular formula is C11H18BrNO3. The van der Waals surface area contributed by atoms with Crippen molar-refractivity contribution < 1.29 is 13.9 Å². The Morgan fingerprint density at radius 3 is 2.38 bits per heavy atom. The second-order valence-electron chi connectivity index (χ2n) is 3.18. The second kappa shape index (κ2) is 7.06. The summed E-state index contributed by atoms with van der Waals surface area (Å²) >= 11 is 3.43. The van der Waals surface area contributed by atoms with Crippen molar-refractivity contribution in [2.45, 2.75) is 26.2 Å². The fourth-order valence-corrected chi connectivity index (χ4v) is 1.94. The quantitative estimate of drug-likeness (QED) is 0.785. The molecule has 1 rings (SSSR count). The van der Waals surface area contributed by atoms with Gasteiger partial charge in [-0.15, -0.1) is 0 Å². The fourth-order valence-electron chi connectivity index (χ4n) is 1.49. The van der Waals surface area contributed by atoms with Gasteiger partial charge in [0.2, 0.25) is 0 Å². The maximum Gasteiger partial charge on any atom is 0.179 e. The second-order valence-corrected chi connectivity index (χ2v) is 4.03. The molecule has 92 valence electrons. The molecule has 0 spiro atoms. The van der Waals surface area contributed by atoms with Crippen molar-refractivity contribution in [1.82, 2.24) is 5.32 Å². The molecule has 5 heteroatoms. The highest BCUT2D eigenvalue weighted by molar-refractivity contribution is 9.10. The maximum atomic E-state index is 5.55. The lowest BCUT2D eigenvalue weighted by Gasteiger charge is -2.25. The summed E-state index contributed by atoms with van der Waals surface area (Å²) in [6, 6.07) is 1.73. The molecule has 0 saturated heterocycles. The monoisotopic (exact) mass is 291 g/mol. The van der Waals surface area contributed by atoms with E-state index in [0.29, 0.717) is 13.2 Å². The number of ether oxygens (including phenoxy) is 2. The van der Waals surface area contributed by atoms with Gasteiger partial charge in [-0.2, -0.15) is 0 Å². The van der Waals surface area contributed by atoms with Gasteiger partial charge in [-0.05, 0) is 42.9 Å². The van der Waals surface area contributed by atoms with Crippen LogP contribution < -0.4 is 5.32 Å². The molecule has 0 aliphatic rings. The van der Waals surface area contributed by atoms with E-state index >= 15 is 0 Å². The summed E-state index contributed by atoms with van der Waals surface area (Å²) in [4.78, 5) is 0. The Labute approximate surface area is 104 Å². The van der Waals surface area contributed by atoms with Gasteiger partial charge in [0.1, 0.15) is 11.8 Å². The van der Waals surface area contributed by atoms with Crippen LogP contribution in [0, 0.1) is 0 Å². The van der Waals surface area contributed by atoms with Crippen LogP contribution in [0.3, 0.4) is 0 Å². The number of nitrogens with one attached hydrogen (secondary N) is 1. The third-order valence-corrected chi connectivity index (χ3v) is 2.83. The topological polar surface area (TPSA) is 43.6 Å². The van der Waals surface area contributed by atoms with Crippen molar-refractivity contribution in [3.63, 3.8) is 0 Å². The Morgan fingerprint density at radius 2 is 2.00 bits per heavy atom. The molecule has 0 fully saturated rings. The Morgan fingerprint density at radius 1 is 1.38 bits per heavy atom. The van der Waals surface area contributed by atoms with Crippen LogP contribution in [0.4, 0.5) is 0 Å². The molecule has 0 aliphatic carbocycles. The minimum Gasteiger partial charge on any atom is -0.466 e. The van der Waals surface area contributed by atoms with Gasteiger partial charge in [0.15, 0.2) is 6.29 Å². The van der Waals surface area contributed by atoms with Crippen LogP contribution in [0.1, 0.15) is 25.6 Å². The molecule has 16 heavy (non-hydrogen) atoms. The number of rotatable bonds is 7. The van der Waals surface area contributed by atoms with E-state index in [1.807, 2.05) is 27.0 Å². The standard InChI is InChI=1S/C11H18BrNO3/c1-4-14-11(15-5-2)9(13-3)10-8(12)6-7-16-10/h6-7,9,11,13H,4-5H2,1-3H3. The van der Waals surface area contributed by atoms with Crippen molar-refractivity contribution in [2.24, 2.45) is 0 Å². The van der Waals surface area contributed by atoms with E-state index in [9.17, 15) is 0 Å². The van der Waals surface area contributed by atoms with E-state index in [1.54, 1.807) is 6.26 Å². The predicted octanol–water partition coefficient (Wildman–Crippen LogP) is 2.70. The van der Waals surface area contributed by atoms with Crippen LogP contribution in [-0.2, 0) is 9.47 Å². The van der Waals surface area contributed by atoms with E-state index in [4.69, 9.17) is 13.9 Å². The van der Waals surface area contributed by atoms with E-state index in [-0.39, 0.29) is 12.3 Å². The van der Waals surface area contributed by atoms with Gasteiger partial charge in [0.05, 0.1) is 10.7 Å². The molecule has 0 aromatic carbocycles. The van der Waals surface area contributed by atoms with Gasteiger partial charge in [-0.25, -0.2) is 0 Å². The van der Waals surface area contributed by atoms with E-state index in [1.165, 1.54) is 0 Å². The lowest BCUT2D eigenvalue weighted by Crippen LogP contribution is -2.34. The fraction of sp³-hybridized carbons (Fsp3) is 0.636. The van der Waals surface area contributed by atoms with Crippen LogP contribution >= 0.6 is 15.9 Å². The molecule has 1 atom stereocenters. The molecule has 4 nitrogen and oxygen atoms in total. The third kappa shape index (κ3) is 3.31. The summed E-state index contributed by atoms with van der Waals surface area (Å²) in [6.07, 6.45) is 1.29. The van der Waals surface area contributed by atoms with Gasteiger partial charge >= 0.3 is 0 Å². The zero-order valence-electron chi connectivity index (χ0n) is 9.83. The molecule has 0 amide bonds. The van der Waals surface area contributed by atoms with Crippen molar-refractivity contribution in [1.29, 1.82) is 0 Å². The van der Waals surface area contributed by atoms with Gasteiger partial charge in [0.25, 0.3) is 0 Å². The first kappa shape index (κ1) is 13.7. The van der Waals surface area contributed by atoms with Gasteiger partial charge in [0, 0.05) is 13.2 Å². The molecule has 1 unspecified atom stereocenters. The third-order valence-electron chi connectivity index (χ3n) is 2.17. The van der Waals surface area contributed by atoms with Crippen molar-refractivity contribution in [3.8, 4) is 0 Å². The Bertz CT molecular complexity index is 297. The van der Waals surface area contributed by atoms with Crippen LogP contribution in [0.5, 0.6) is 0 Å². The van der Waals surface area contributed by atoms with Crippen LogP contribution in [0.2, 0.25) is 0 Å². The largest absolute Gasteiger partial charge is 0.466 e. The molecule has 0 aliphatic heterocycles. The summed E-state index contributed by atoms with van der Waals surface area (Å²) in [5, 5.41) is 3.14. The highest BCUT2D eigenvalue weighted by Crippen LogP contribution is 2.28. The van der Waals surface area contributed by atoms with Gasteiger partial charge in [-0.1, -0.05) is 0 Å². The average Bonchev–Trinajstić information content (AvgIpc) is 2.67. The maximum absolute atomic E-state index is 5.55. The molecule has 0 bridgehead atoms. The zero-order chi connectivity index (χ0) is 12.0. The highest BCUT2D eigenvalue weighted by Gasteiger charge is 2.27. The Hall–Kier alpha value is -0.360. The van der Waals surface area contributed by atoms with Crippen LogP contribution in [0.25, 0.3) is 0 Å². The van der Waals surface area contributed by atoms with Gasteiger partial charge < -0.3 is 19.2 Å². The number of halogens is 1. The summed E-state index contributed by atoms with van der Waals surface area (Å²) in [5.74, 6) is 0.786. The number of likely N-dealkylation sites (N-methyl/N-ethyl adjacent to an activating group) is 1. The minimum absolute atomic E-state index is 0.121. The lowest BCUT2D eigenvalue weighted by atomic mass is 10.2. The lowest BCUT2D eigenvalue weighted by molar-refractivity contribution is -0.157. The first-order chi connectivity index (χ1) is 7.74. The molecule has 1 N–H and O–H groups in total. The first-order valence-electron chi connectivity index (χ1n) is 5.37. The molecule has 1 heterocycles. The summed E-state index contributed by atoms with van der Waals surface area (Å²) in [5.41, 5.74) is 0. The summed E-state index contributed by atoms with van der Waals surface area (Å²) in [7, 11) is 1.85. The highest BCUT2D eigenvalue weighted by atomic mass is 79.9. The average molecular weight is 292 g/mol. The molecule has 0 saturated carbocycles. The minimum atomic E-state index is -0.345. The number of hydrogen-bond donors (Lipinski definition) is 1. The molecule has 1 aromatic heterocycles. The molecule has 0 radical (unpaired) electrons. The zero-order valence-corrected chi connectivity index (χ0v) is 11.4. The predicted molar refractivity (Wildman–Crippen MR) is 65.2 cm³/mol. The number of furan rings is 1. The summed E-state index contributed by atoms with van der Waals surface area (Å²) in [6.45, 7) is 5.08. The van der Waals surface area contributed by atoms with Crippen molar-refractivity contribution in [3.05, 3.63) is 22.6 Å². The summed E-state index contributed by atoms with van der Waals surface area (Å²) < 4.78 is 17.4. The van der Waals surface area contributed by atoms with Gasteiger partial charge in [-0.3, -0.25) is 0 Å². The van der Waals surface area contributed by atoms with Crippen LogP contribution in [-0.4, -0.2) is 26.6 Å². The van der Waals surface area contributed by atoms with Crippen LogP contribution in [0.15, 0.2) is 21.2 Å². The van der Waals surface area contributed by atoms with Crippen molar-refractivity contribution in [2.75, 3.05) is 20.3 Å². The number of hydrogen-bond acceptors (Lipinski definition) is 4. The molecule has 1 aromatic rings. The Balaban J connectivity index is 2.81. The van der Waals surface area contributed by atoms with Crippen molar-refractivity contribution >= 4 is 15.9 Å². The van der Waals surface area contributed by atoms with E-state index in [2.05, 4.69) is 21.2 Å². The van der Waals surface area contributed by atoms with E-state index in [0.717, 1.165) is 10.2 Å². The first-order valence-corrected chi connectivity index (χ1v) is 6.17. The molecular weight excluding hydrogens is 274 g/mol. The normalized spacial score (nSPS) is 13.3. The smallest absolute Gasteiger partial charge is 0.179 e.